The number of nitrogen functional groups attached to an aromatic ring is 2. The average molecular weight is 220 g/mol. The first-order valence-corrected chi connectivity index (χ1v) is 4.03. The normalized spacial score (nSPS) is 10.0. The van der Waals surface area contributed by atoms with E-state index in [9.17, 15) is 4.79 Å². The maximum absolute atomic E-state index is 10.8. The molecule has 0 saturated heterocycles. The SMILES string of the molecule is NC(=O)c1cc(Cl)c(Cl)c(N)c1N. The van der Waals surface area contributed by atoms with Crippen LogP contribution in [0.3, 0.4) is 0 Å². The van der Waals surface area contributed by atoms with Crippen molar-refractivity contribution in [3.8, 4) is 0 Å². The van der Waals surface area contributed by atoms with Crippen molar-refractivity contribution in [1.82, 2.24) is 0 Å². The molecule has 0 aromatic heterocycles. The van der Waals surface area contributed by atoms with E-state index in [1.54, 1.807) is 0 Å². The molecule has 0 aliphatic heterocycles. The quantitative estimate of drug-likeness (QED) is 0.621. The number of hydrogen-bond donors (Lipinski definition) is 3. The lowest BCUT2D eigenvalue weighted by Crippen LogP contribution is -2.14. The number of hydrogen-bond acceptors (Lipinski definition) is 3. The summed E-state index contributed by atoms with van der Waals surface area (Å²) in [7, 11) is 0. The first kappa shape index (κ1) is 9.95. The Labute approximate surface area is 84.6 Å². The molecule has 1 amide bonds. The molecule has 1 rings (SSSR count). The van der Waals surface area contributed by atoms with E-state index in [4.69, 9.17) is 40.4 Å². The number of benzene rings is 1. The van der Waals surface area contributed by atoms with Gasteiger partial charge in [-0.1, -0.05) is 23.2 Å². The molecule has 4 nitrogen and oxygen atoms in total. The molecule has 0 bridgehead atoms. The van der Waals surface area contributed by atoms with E-state index >= 15 is 0 Å². The molecule has 70 valence electrons. The molecule has 13 heavy (non-hydrogen) atoms. The topological polar surface area (TPSA) is 95.1 Å². The van der Waals surface area contributed by atoms with Crippen molar-refractivity contribution in [2.75, 3.05) is 11.5 Å². The summed E-state index contributed by atoms with van der Waals surface area (Å²) in [6, 6.07) is 1.29. The van der Waals surface area contributed by atoms with Gasteiger partial charge in [0, 0.05) is 0 Å². The molecule has 0 fully saturated rings. The van der Waals surface area contributed by atoms with Crippen molar-refractivity contribution >= 4 is 40.5 Å². The van der Waals surface area contributed by atoms with Gasteiger partial charge in [0.2, 0.25) is 0 Å². The first-order valence-electron chi connectivity index (χ1n) is 3.28. The second kappa shape index (κ2) is 3.32. The maximum atomic E-state index is 10.8. The Morgan fingerprint density at radius 3 is 2.23 bits per heavy atom. The molecule has 0 aliphatic rings. The van der Waals surface area contributed by atoms with E-state index in [-0.39, 0.29) is 27.0 Å². The summed E-state index contributed by atoms with van der Waals surface area (Å²) in [5.41, 5.74) is 16.2. The van der Waals surface area contributed by atoms with Crippen molar-refractivity contribution in [3.63, 3.8) is 0 Å². The van der Waals surface area contributed by atoms with Gasteiger partial charge in [0.1, 0.15) is 0 Å². The van der Waals surface area contributed by atoms with Crippen LogP contribution in [0.4, 0.5) is 11.4 Å². The predicted octanol–water partition coefficient (Wildman–Crippen LogP) is 1.26. The van der Waals surface area contributed by atoms with Crippen LogP contribution < -0.4 is 17.2 Å². The van der Waals surface area contributed by atoms with Crippen LogP contribution in [0.5, 0.6) is 0 Å². The minimum Gasteiger partial charge on any atom is -0.396 e. The third-order valence-electron chi connectivity index (χ3n) is 1.56. The summed E-state index contributed by atoms with van der Waals surface area (Å²) >= 11 is 11.3. The molecule has 0 unspecified atom stereocenters. The van der Waals surface area contributed by atoms with E-state index in [1.165, 1.54) is 6.07 Å². The highest BCUT2D eigenvalue weighted by molar-refractivity contribution is 6.44. The van der Waals surface area contributed by atoms with Crippen LogP contribution in [-0.2, 0) is 0 Å². The monoisotopic (exact) mass is 219 g/mol. The molecule has 0 radical (unpaired) electrons. The lowest BCUT2D eigenvalue weighted by Gasteiger charge is -2.08. The highest BCUT2D eigenvalue weighted by atomic mass is 35.5. The number of halogens is 2. The second-order valence-corrected chi connectivity index (χ2v) is 3.20. The van der Waals surface area contributed by atoms with Gasteiger partial charge in [-0.3, -0.25) is 4.79 Å². The van der Waals surface area contributed by atoms with Gasteiger partial charge in [-0.05, 0) is 6.07 Å². The Balaban J connectivity index is 3.50. The second-order valence-electron chi connectivity index (χ2n) is 2.41. The van der Waals surface area contributed by atoms with Crippen LogP contribution >= 0.6 is 23.2 Å². The van der Waals surface area contributed by atoms with Crippen molar-refractivity contribution in [3.05, 3.63) is 21.7 Å². The molecule has 6 heteroatoms. The van der Waals surface area contributed by atoms with E-state index in [0.717, 1.165) is 0 Å². The highest BCUT2D eigenvalue weighted by Gasteiger charge is 2.14. The van der Waals surface area contributed by atoms with Crippen LogP contribution in [0.25, 0.3) is 0 Å². The smallest absolute Gasteiger partial charge is 0.250 e. The van der Waals surface area contributed by atoms with Gasteiger partial charge < -0.3 is 17.2 Å². The zero-order chi connectivity index (χ0) is 10.2. The molecule has 0 spiro atoms. The lowest BCUT2D eigenvalue weighted by molar-refractivity contribution is 0.100. The van der Waals surface area contributed by atoms with Crippen LogP contribution in [0, 0.1) is 0 Å². The Bertz CT molecular complexity index is 378. The zero-order valence-corrected chi connectivity index (χ0v) is 7.99. The summed E-state index contributed by atoms with van der Waals surface area (Å²) < 4.78 is 0. The molecule has 0 atom stereocenters. The lowest BCUT2D eigenvalue weighted by atomic mass is 10.1. The minimum absolute atomic E-state index is 0.0573. The largest absolute Gasteiger partial charge is 0.396 e. The van der Waals surface area contributed by atoms with Crippen molar-refractivity contribution in [1.29, 1.82) is 0 Å². The van der Waals surface area contributed by atoms with E-state index in [2.05, 4.69) is 0 Å². The predicted molar refractivity (Wildman–Crippen MR) is 53.8 cm³/mol. The summed E-state index contributed by atoms with van der Waals surface area (Å²) in [5, 5.41) is 0.284. The van der Waals surface area contributed by atoms with Crippen LogP contribution in [-0.4, -0.2) is 5.91 Å². The summed E-state index contributed by atoms with van der Waals surface area (Å²) in [6.07, 6.45) is 0. The number of primary amides is 1. The summed E-state index contributed by atoms with van der Waals surface area (Å²) in [6.45, 7) is 0. The summed E-state index contributed by atoms with van der Waals surface area (Å²) in [5.74, 6) is -0.692. The third-order valence-corrected chi connectivity index (χ3v) is 2.37. The third kappa shape index (κ3) is 1.64. The molecule has 0 saturated carbocycles. The molecule has 6 N–H and O–H groups in total. The highest BCUT2D eigenvalue weighted by Crippen LogP contribution is 2.34. The van der Waals surface area contributed by atoms with Crippen LogP contribution in [0.2, 0.25) is 10.0 Å². The number of carbonyl (C=O) groups excluding carboxylic acids is 1. The molecule has 0 aliphatic carbocycles. The van der Waals surface area contributed by atoms with E-state index < -0.39 is 5.91 Å². The fourth-order valence-electron chi connectivity index (χ4n) is 0.864. The molecule has 1 aromatic carbocycles. The Kier molecular flexibility index (Phi) is 2.54. The van der Waals surface area contributed by atoms with Gasteiger partial charge in [-0.2, -0.15) is 0 Å². The van der Waals surface area contributed by atoms with E-state index in [0.29, 0.717) is 0 Å². The fourth-order valence-corrected chi connectivity index (χ4v) is 1.23. The van der Waals surface area contributed by atoms with Gasteiger partial charge in [0.15, 0.2) is 0 Å². The Morgan fingerprint density at radius 1 is 1.23 bits per heavy atom. The van der Waals surface area contributed by atoms with E-state index in [1.807, 2.05) is 0 Å². The number of rotatable bonds is 1. The Morgan fingerprint density at radius 2 is 1.77 bits per heavy atom. The number of anilines is 2. The van der Waals surface area contributed by atoms with Gasteiger partial charge >= 0.3 is 0 Å². The molecular weight excluding hydrogens is 213 g/mol. The van der Waals surface area contributed by atoms with Crippen LogP contribution in [0.1, 0.15) is 10.4 Å². The van der Waals surface area contributed by atoms with Crippen LogP contribution in [0.15, 0.2) is 6.07 Å². The Hall–Kier alpha value is -1.13. The molecular formula is C7H7Cl2N3O. The van der Waals surface area contributed by atoms with Crippen molar-refractivity contribution in [2.45, 2.75) is 0 Å². The number of amides is 1. The summed E-state index contributed by atoms with van der Waals surface area (Å²) in [4.78, 5) is 10.8. The molecule has 0 heterocycles. The van der Waals surface area contributed by atoms with Gasteiger partial charge in [-0.15, -0.1) is 0 Å². The maximum Gasteiger partial charge on any atom is 0.250 e. The van der Waals surface area contributed by atoms with Gasteiger partial charge in [-0.25, -0.2) is 0 Å². The molecule has 1 aromatic rings. The van der Waals surface area contributed by atoms with Crippen molar-refractivity contribution < 1.29 is 4.79 Å². The first-order chi connectivity index (χ1) is 5.95. The number of carbonyl (C=O) groups is 1. The standard InChI is InChI=1S/C7H7Cl2N3O/c8-3-1-2(7(12)13)5(10)6(11)4(3)9/h1H,10-11H2,(H2,12,13). The zero-order valence-electron chi connectivity index (χ0n) is 6.47. The fraction of sp³-hybridized carbons (Fsp3) is 0. The number of nitrogens with two attached hydrogens (primary N) is 3. The minimum atomic E-state index is -0.692. The van der Waals surface area contributed by atoms with Gasteiger partial charge in [0.25, 0.3) is 5.91 Å². The van der Waals surface area contributed by atoms with Gasteiger partial charge in [0.05, 0.1) is 27.0 Å². The average Bonchev–Trinajstić information content (AvgIpc) is 2.07. The van der Waals surface area contributed by atoms with Crippen molar-refractivity contribution in [2.24, 2.45) is 5.73 Å².